The first kappa shape index (κ1) is 23.8. The van der Waals surface area contributed by atoms with Gasteiger partial charge in [-0.05, 0) is 26.2 Å². The second-order valence-electron chi connectivity index (χ2n) is 8.54. The monoisotopic (exact) mass is 423 g/mol. The van der Waals surface area contributed by atoms with Gasteiger partial charge in [-0.1, -0.05) is 64.5 Å². The molecule has 5 nitrogen and oxygen atoms in total. The van der Waals surface area contributed by atoms with E-state index >= 15 is 0 Å². The zero-order valence-electron chi connectivity index (χ0n) is 18.1. The van der Waals surface area contributed by atoms with E-state index in [-0.39, 0.29) is 31.0 Å². The van der Waals surface area contributed by atoms with Crippen LogP contribution in [0.15, 0.2) is 23.9 Å². The van der Waals surface area contributed by atoms with Gasteiger partial charge in [0.05, 0.1) is 17.8 Å². The fourth-order valence-electron chi connectivity index (χ4n) is 5.03. The topological polar surface area (TPSA) is 53.4 Å². The van der Waals surface area contributed by atoms with Crippen LogP contribution in [0.25, 0.3) is 0 Å². The molecular weight excluding hydrogens is 386 g/mol. The summed E-state index contributed by atoms with van der Waals surface area (Å²) < 4.78 is 7.74. The van der Waals surface area contributed by atoms with Gasteiger partial charge in [0, 0.05) is 6.42 Å². The Kier molecular flexibility index (Phi) is 9.54. The van der Waals surface area contributed by atoms with Crippen molar-refractivity contribution in [2.75, 3.05) is 6.61 Å². The first-order chi connectivity index (χ1) is 13.7. The van der Waals surface area contributed by atoms with Crippen molar-refractivity contribution in [2.24, 2.45) is 0 Å². The van der Waals surface area contributed by atoms with E-state index in [1.165, 1.54) is 57.8 Å². The Morgan fingerprint density at radius 2 is 1.93 bits per heavy atom. The van der Waals surface area contributed by atoms with E-state index in [9.17, 15) is 4.79 Å². The van der Waals surface area contributed by atoms with E-state index in [1.54, 1.807) is 6.08 Å². The number of nitrogens with zero attached hydrogens (tertiary/aromatic N) is 1. The van der Waals surface area contributed by atoms with E-state index in [2.05, 4.69) is 28.7 Å². The summed E-state index contributed by atoms with van der Waals surface area (Å²) >= 11 is 0. The Bertz CT molecular complexity index is 644. The average Bonchev–Trinajstić information content (AvgIpc) is 3.10. The minimum atomic E-state index is -0.209. The molecule has 0 spiro atoms. The van der Waals surface area contributed by atoms with Crippen LogP contribution in [0.5, 0.6) is 0 Å². The molecule has 6 heteroatoms. The molecular formula is C23H38ClN3O2. The van der Waals surface area contributed by atoms with Crippen LogP contribution in [0.3, 0.4) is 0 Å². The summed E-state index contributed by atoms with van der Waals surface area (Å²) in [5, 5.41) is 7.20. The van der Waals surface area contributed by atoms with Gasteiger partial charge in [0.25, 0.3) is 0 Å². The number of nitrogens with one attached hydrogen (secondary N) is 2. The maximum absolute atomic E-state index is 12.5. The highest BCUT2D eigenvalue weighted by molar-refractivity contribution is 5.93. The van der Waals surface area contributed by atoms with Crippen molar-refractivity contribution in [3.05, 3.63) is 23.9 Å². The number of allylic oxidation sites excluding steroid dienone is 1. The highest BCUT2D eigenvalue weighted by Crippen LogP contribution is 2.34. The highest BCUT2D eigenvalue weighted by Gasteiger charge is 2.48. The quantitative estimate of drug-likeness (QED) is 0.225. The van der Waals surface area contributed by atoms with Crippen molar-refractivity contribution in [3.8, 4) is 0 Å². The number of hydrogen-bond donors (Lipinski definition) is 2. The van der Waals surface area contributed by atoms with Gasteiger partial charge in [0.2, 0.25) is 0 Å². The number of hydrogen-bond acceptors (Lipinski definition) is 4. The molecule has 0 radical (unpaired) electrons. The van der Waals surface area contributed by atoms with Gasteiger partial charge >= 0.3 is 11.9 Å². The van der Waals surface area contributed by atoms with Gasteiger partial charge in [0.1, 0.15) is 18.2 Å². The van der Waals surface area contributed by atoms with E-state index in [0.29, 0.717) is 12.1 Å². The number of rotatable bonds is 11. The van der Waals surface area contributed by atoms with Crippen LogP contribution >= 0.6 is 0 Å². The van der Waals surface area contributed by atoms with Crippen LogP contribution in [0, 0.1) is 0 Å². The fraction of sp³-hybridized carbons (Fsp3) is 0.739. The van der Waals surface area contributed by atoms with Crippen molar-refractivity contribution in [3.63, 3.8) is 0 Å². The Morgan fingerprint density at radius 3 is 2.66 bits per heavy atom. The molecule has 1 fully saturated rings. The molecule has 0 unspecified atom stereocenters. The van der Waals surface area contributed by atoms with Gasteiger partial charge in [0.15, 0.2) is 0 Å². The van der Waals surface area contributed by atoms with Gasteiger partial charge in [-0.25, -0.2) is 10.1 Å². The van der Waals surface area contributed by atoms with E-state index < -0.39 is 0 Å². The molecule has 29 heavy (non-hydrogen) atoms. The Hall–Kier alpha value is -1.49. The number of halogens is 1. The van der Waals surface area contributed by atoms with Crippen LogP contribution in [0.1, 0.15) is 84.5 Å². The van der Waals surface area contributed by atoms with E-state index in [4.69, 9.17) is 4.74 Å². The van der Waals surface area contributed by atoms with Crippen molar-refractivity contribution in [1.82, 2.24) is 10.6 Å². The lowest BCUT2D eigenvalue weighted by Gasteiger charge is -2.33. The average molecular weight is 424 g/mol. The minimum Gasteiger partial charge on any atom is -1.00 e. The standard InChI is InChI=1S/C23H37N3O2.ClH/c1-4-6-7-8-9-10-11-12-18-16-19-13-14-20-21(22(27)28-15-5-2)17(3)24-23(25-18)26(19)20;/h5,18-20H,2,4,6-16H2,1,3H3,(H,24,25,27);1H/t18-,19+,20-;/m1./s1. The van der Waals surface area contributed by atoms with Gasteiger partial charge in [-0.3, -0.25) is 9.89 Å². The molecule has 3 aliphatic heterocycles. The van der Waals surface area contributed by atoms with Crippen molar-refractivity contribution in [1.29, 1.82) is 0 Å². The molecule has 3 atom stereocenters. The number of carbonyl (C=O) groups is 1. The summed E-state index contributed by atoms with van der Waals surface area (Å²) in [5.74, 6) is 0.893. The summed E-state index contributed by atoms with van der Waals surface area (Å²) in [6, 6.07) is 1.21. The zero-order chi connectivity index (χ0) is 19.9. The Labute approximate surface area is 182 Å². The van der Waals surface area contributed by atoms with Gasteiger partial charge in [-0.15, -0.1) is 0 Å². The zero-order valence-corrected chi connectivity index (χ0v) is 18.9. The third-order valence-electron chi connectivity index (χ3n) is 6.41. The lowest BCUT2D eigenvalue weighted by molar-refractivity contribution is -0.580. The summed E-state index contributed by atoms with van der Waals surface area (Å²) in [5.41, 5.74) is 1.72. The summed E-state index contributed by atoms with van der Waals surface area (Å²) in [6.45, 7) is 8.16. The number of esters is 1. The highest BCUT2D eigenvalue weighted by atomic mass is 35.5. The van der Waals surface area contributed by atoms with Crippen molar-refractivity contribution in [2.45, 2.75) is 103 Å². The van der Waals surface area contributed by atoms with Gasteiger partial charge < -0.3 is 17.1 Å². The number of unbranched alkanes of at least 4 members (excludes halogenated alkanes) is 6. The normalized spacial score (nSPS) is 25.0. The third-order valence-corrected chi connectivity index (χ3v) is 6.41. The summed E-state index contributed by atoms with van der Waals surface area (Å²) in [6.07, 6.45) is 15.7. The van der Waals surface area contributed by atoms with Crippen molar-refractivity contribution < 1.29 is 26.5 Å². The van der Waals surface area contributed by atoms with Crippen LogP contribution in [-0.4, -0.2) is 41.2 Å². The largest absolute Gasteiger partial charge is 1.00 e. The first-order valence-electron chi connectivity index (χ1n) is 11.3. The second kappa shape index (κ2) is 11.6. The maximum Gasteiger partial charge on any atom is 0.351 e. The lowest BCUT2D eigenvalue weighted by Crippen LogP contribution is -3.00. The molecule has 0 saturated carbocycles. The SMILES string of the molecule is C=CCOC(=O)C1=C(C)NC2=[N+]3[C@@H](CC[C@H]13)C[C@@H](CCCCCCCCC)N2.[Cl-]. The molecule has 0 aromatic rings. The molecule has 2 N–H and O–H groups in total. The third kappa shape index (κ3) is 5.78. The van der Waals surface area contributed by atoms with E-state index in [1.807, 2.05) is 6.92 Å². The van der Waals surface area contributed by atoms with Crippen LogP contribution in [0.4, 0.5) is 0 Å². The Morgan fingerprint density at radius 1 is 1.21 bits per heavy atom. The molecule has 3 heterocycles. The predicted molar refractivity (Wildman–Crippen MR) is 113 cm³/mol. The van der Waals surface area contributed by atoms with Gasteiger partial charge in [-0.2, -0.15) is 0 Å². The first-order valence-corrected chi connectivity index (χ1v) is 11.3. The predicted octanol–water partition coefficient (Wildman–Crippen LogP) is 0.999. The molecule has 0 bridgehead atoms. The number of ether oxygens (including phenoxy) is 1. The molecule has 0 aromatic heterocycles. The van der Waals surface area contributed by atoms with Crippen LogP contribution < -0.4 is 23.0 Å². The van der Waals surface area contributed by atoms with Crippen molar-refractivity contribution >= 4 is 11.9 Å². The Balaban J connectivity index is 0.00000300. The fourth-order valence-corrected chi connectivity index (χ4v) is 5.03. The number of carbonyl (C=O) groups excluding carboxylic acids is 1. The van der Waals surface area contributed by atoms with Crippen LogP contribution in [0.2, 0.25) is 0 Å². The molecule has 0 aliphatic carbocycles. The van der Waals surface area contributed by atoms with Crippen LogP contribution in [-0.2, 0) is 9.53 Å². The summed E-state index contributed by atoms with van der Waals surface area (Å²) in [7, 11) is 0. The molecule has 0 amide bonds. The molecule has 164 valence electrons. The minimum absolute atomic E-state index is 0. The summed E-state index contributed by atoms with van der Waals surface area (Å²) in [4.78, 5) is 12.5. The molecule has 1 saturated heterocycles. The molecule has 3 aliphatic rings. The molecule has 3 rings (SSSR count). The number of guanidine groups is 1. The lowest BCUT2D eigenvalue weighted by atomic mass is 9.97. The molecule has 0 aromatic carbocycles. The maximum atomic E-state index is 12.5. The smallest absolute Gasteiger partial charge is 0.351 e. The van der Waals surface area contributed by atoms with E-state index in [0.717, 1.165) is 30.1 Å². The second-order valence-corrected chi connectivity index (χ2v) is 8.54.